The van der Waals surface area contributed by atoms with E-state index in [1.54, 1.807) is 0 Å². The van der Waals surface area contributed by atoms with E-state index in [0.717, 1.165) is 11.4 Å². The van der Waals surface area contributed by atoms with Gasteiger partial charge in [-0.2, -0.15) is 0 Å². The summed E-state index contributed by atoms with van der Waals surface area (Å²) in [7, 11) is 2.64. The third-order valence-electron chi connectivity index (χ3n) is 2.82. The number of benzene rings is 2. The van der Waals surface area contributed by atoms with E-state index in [1.165, 1.54) is 14.2 Å². The molecule has 0 amide bonds. The summed E-state index contributed by atoms with van der Waals surface area (Å²) in [5, 5.41) is 0. The highest BCUT2D eigenvalue weighted by molar-refractivity contribution is 5.72. The SMILES string of the molecule is CC.CC.COC(=O)CCCC(=O)OC.Nc1ccccc1.Nc1ccccc1. The van der Waals surface area contributed by atoms with E-state index < -0.39 is 0 Å². The zero-order chi connectivity index (χ0) is 22.9. The van der Waals surface area contributed by atoms with Crippen molar-refractivity contribution in [2.24, 2.45) is 0 Å². The van der Waals surface area contributed by atoms with Crippen LogP contribution in [0.3, 0.4) is 0 Å². The van der Waals surface area contributed by atoms with Crippen LogP contribution in [0, 0.1) is 0 Å². The molecule has 0 heterocycles. The quantitative estimate of drug-likeness (QED) is 0.541. The van der Waals surface area contributed by atoms with E-state index in [9.17, 15) is 9.59 Å². The first-order chi connectivity index (χ1) is 14.0. The van der Waals surface area contributed by atoms with Crippen molar-refractivity contribution in [3.8, 4) is 0 Å². The Balaban J connectivity index is -0.000000329. The molecule has 29 heavy (non-hydrogen) atoms. The number of esters is 2. The summed E-state index contributed by atoms with van der Waals surface area (Å²) in [6.07, 6.45) is 1.02. The lowest BCUT2D eigenvalue weighted by atomic mass is 10.2. The Morgan fingerprint density at radius 1 is 0.655 bits per heavy atom. The number of methoxy groups -OCH3 is 2. The fourth-order valence-electron chi connectivity index (χ4n) is 1.49. The topological polar surface area (TPSA) is 105 Å². The number of carbonyl (C=O) groups is 2. The molecule has 2 aromatic carbocycles. The van der Waals surface area contributed by atoms with Crippen LogP contribution in [0.1, 0.15) is 47.0 Å². The van der Waals surface area contributed by atoms with Crippen molar-refractivity contribution in [1.29, 1.82) is 0 Å². The highest BCUT2D eigenvalue weighted by Crippen LogP contribution is 1.98. The van der Waals surface area contributed by atoms with Crippen molar-refractivity contribution in [3.05, 3.63) is 60.7 Å². The maximum absolute atomic E-state index is 10.5. The molecule has 0 aliphatic heterocycles. The van der Waals surface area contributed by atoms with Crippen molar-refractivity contribution in [2.45, 2.75) is 47.0 Å². The van der Waals surface area contributed by atoms with Crippen molar-refractivity contribution < 1.29 is 19.1 Å². The highest BCUT2D eigenvalue weighted by Gasteiger charge is 2.03. The van der Waals surface area contributed by atoms with E-state index in [-0.39, 0.29) is 24.8 Å². The molecule has 0 saturated carbocycles. The van der Waals surface area contributed by atoms with Crippen LogP contribution in [0.2, 0.25) is 0 Å². The van der Waals surface area contributed by atoms with E-state index >= 15 is 0 Å². The molecule has 0 atom stereocenters. The first kappa shape index (κ1) is 30.7. The minimum Gasteiger partial charge on any atom is -0.469 e. The summed E-state index contributed by atoms with van der Waals surface area (Å²) in [6.45, 7) is 8.00. The van der Waals surface area contributed by atoms with Gasteiger partial charge in [-0.25, -0.2) is 0 Å². The molecular weight excluding hydrogens is 368 g/mol. The average molecular weight is 407 g/mol. The summed E-state index contributed by atoms with van der Waals surface area (Å²) >= 11 is 0. The van der Waals surface area contributed by atoms with E-state index in [0.29, 0.717) is 6.42 Å². The fourth-order valence-corrected chi connectivity index (χ4v) is 1.49. The minimum absolute atomic E-state index is 0.269. The molecule has 0 bridgehead atoms. The van der Waals surface area contributed by atoms with Crippen LogP contribution < -0.4 is 11.5 Å². The van der Waals surface area contributed by atoms with Crippen LogP contribution in [0.4, 0.5) is 11.4 Å². The number of nitrogens with two attached hydrogens (primary N) is 2. The fraction of sp³-hybridized carbons (Fsp3) is 0.391. The molecule has 0 aliphatic rings. The third kappa shape index (κ3) is 25.0. The lowest BCUT2D eigenvalue weighted by Gasteiger charge is -1.97. The summed E-state index contributed by atoms with van der Waals surface area (Å²) in [4.78, 5) is 21.0. The smallest absolute Gasteiger partial charge is 0.305 e. The molecular formula is C23H38N2O4. The molecule has 6 nitrogen and oxygen atoms in total. The zero-order valence-corrected chi connectivity index (χ0v) is 18.7. The summed E-state index contributed by atoms with van der Waals surface area (Å²) in [6, 6.07) is 19.0. The molecule has 4 N–H and O–H groups in total. The second-order valence-electron chi connectivity index (χ2n) is 4.83. The number of nitrogen functional groups attached to an aromatic ring is 2. The predicted molar refractivity (Wildman–Crippen MR) is 122 cm³/mol. The number of carbonyl (C=O) groups excluding carboxylic acids is 2. The molecule has 0 fully saturated rings. The first-order valence-corrected chi connectivity index (χ1v) is 9.74. The van der Waals surface area contributed by atoms with Gasteiger partial charge < -0.3 is 20.9 Å². The molecule has 0 radical (unpaired) electrons. The monoisotopic (exact) mass is 406 g/mol. The Hall–Kier alpha value is -3.02. The maximum Gasteiger partial charge on any atom is 0.305 e. The lowest BCUT2D eigenvalue weighted by molar-refractivity contribution is -0.142. The standard InChI is InChI=1S/C7H12O4.2C6H7N.2C2H6/c1-10-6(8)4-3-5-7(9)11-2;2*7-6-4-2-1-3-5-6;2*1-2/h3-5H2,1-2H3;2*1-5H,7H2;2*1-2H3. The van der Waals surface area contributed by atoms with Gasteiger partial charge in [0.05, 0.1) is 14.2 Å². The largest absolute Gasteiger partial charge is 0.469 e. The van der Waals surface area contributed by atoms with Gasteiger partial charge in [0, 0.05) is 24.2 Å². The van der Waals surface area contributed by atoms with Crippen molar-refractivity contribution >= 4 is 23.3 Å². The molecule has 0 aromatic heterocycles. The Labute approximate surface area is 176 Å². The van der Waals surface area contributed by atoms with Crippen LogP contribution in [-0.4, -0.2) is 26.2 Å². The van der Waals surface area contributed by atoms with E-state index in [2.05, 4.69) is 9.47 Å². The van der Waals surface area contributed by atoms with Gasteiger partial charge in [-0.05, 0) is 30.7 Å². The second kappa shape index (κ2) is 25.0. The van der Waals surface area contributed by atoms with Gasteiger partial charge in [-0.1, -0.05) is 64.1 Å². The Morgan fingerprint density at radius 2 is 0.931 bits per heavy atom. The second-order valence-corrected chi connectivity index (χ2v) is 4.83. The van der Waals surface area contributed by atoms with Crippen molar-refractivity contribution in [1.82, 2.24) is 0 Å². The van der Waals surface area contributed by atoms with Crippen molar-refractivity contribution in [2.75, 3.05) is 25.7 Å². The average Bonchev–Trinajstić information content (AvgIpc) is 2.78. The van der Waals surface area contributed by atoms with Crippen LogP contribution in [0.25, 0.3) is 0 Å². The normalized spacial score (nSPS) is 7.93. The molecule has 6 heteroatoms. The number of ether oxygens (including phenoxy) is 2. The summed E-state index contributed by atoms with van der Waals surface area (Å²) in [5.41, 5.74) is 12.4. The molecule has 0 aliphatic carbocycles. The van der Waals surface area contributed by atoms with Gasteiger partial charge in [-0.3, -0.25) is 9.59 Å². The maximum atomic E-state index is 10.5. The molecule has 0 saturated heterocycles. The number of rotatable bonds is 4. The van der Waals surface area contributed by atoms with Gasteiger partial charge in [0.15, 0.2) is 0 Å². The van der Waals surface area contributed by atoms with Crippen molar-refractivity contribution in [3.63, 3.8) is 0 Å². The van der Waals surface area contributed by atoms with Gasteiger partial charge in [0.2, 0.25) is 0 Å². The molecule has 0 spiro atoms. The lowest BCUT2D eigenvalue weighted by Crippen LogP contribution is -2.04. The molecule has 164 valence electrons. The Morgan fingerprint density at radius 3 is 1.10 bits per heavy atom. The first-order valence-electron chi connectivity index (χ1n) is 9.74. The predicted octanol–water partition coefficient (Wildman–Crippen LogP) is 5.09. The van der Waals surface area contributed by atoms with E-state index in [4.69, 9.17) is 11.5 Å². The summed E-state index contributed by atoms with van der Waals surface area (Å²) < 4.78 is 8.75. The zero-order valence-electron chi connectivity index (χ0n) is 18.7. The molecule has 2 rings (SSSR count). The molecule has 0 unspecified atom stereocenters. The van der Waals surface area contributed by atoms with Gasteiger partial charge >= 0.3 is 11.9 Å². The number of hydrogen-bond donors (Lipinski definition) is 2. The van der Waals surface area contributed by atoms with Gasteiger partial charge in [-0.15, -0.1) is 0 Å². The van der Waals surface area contributed by atoms with Crippen LogP contribution in [0.15, 0.2) is 60.7 Å². The van der Waals surface area contributed by atoms with Crippen LogP contribution >= 0.6 is 0 Å². The number of para-hydroxylation sites is 2. The van der Waals surface area contributed by atoms with Crippen LogP contribution in [-0.2, 0) is 19.1 Å². The molecule has 2 aromatic rings. The third-order valence-corrected chi connectivity index (χ3v) is 2.82. The Bertz CT molecular complexity index is 537. The van der Waals surface area contributed by atoms with Gasteiger partial charge in [0.25, 0.3) is 0 Å². The van der Waals surface area contributed by atoms with Crippen LogP contribution in [0.5, 0.6) is 0 Å². The highest BCUT2D eigenvalue weighted by atomic mass is 16.5. The van der Waals surface area contributed by atoms with Gasteiger partial charge in [0.1, 0.15) is 0 Å². The number of anilines is 2. The minimum atomic E-state index is -0.297. The Kier molecular flexibility index (Phi) is 26.4. The summed E-state index contributed by atoms with van der Waals surface area (Å²) in [5.74, 6) is -0.595. The van der Waals surface area contributed by atoms with E-state index in [1.807, 2.05) is 88.4 Å². The number of hydrogen-bond acceptors (Lipinski definition) is 6.